The largest absolute Gasteiger partial charge is 0.396 e. The van der Waals surface area contributed by atoms with Crippen LogP contribution in [0.5, 0.6) is 0 Å². The van der Waals surface area contributed by atoms with Crippen molar-refractivity contribution in [2.24, 2.45) is 5.41 Å². The lowest BCUT2D eigenvalue weighted by Crippen LogP contribution is -2.47. The van der Waals surface area contributed by atoms with Crippen molar-refractivity contribution >= 4 is 23.2 Å². The Morgan fingerprint density at radius 1 is 1.43 bits per heavy atom. The number of carbonyl (C=O) groups is 2. The first-order valence-corrected chi connectivity index (χ1v) is 9.22. The molecular weight excluding hydrogens is 312 g/mol. The van der Waals surface area contributed by atoms with Crippen molar-refractivity contribution in [2.45, 2.75) is 51.1 Å². The van der Waals surface area contributed by atoms with Crippen molar-refractivity contribution in [2.75, 3.05) is 13.2 Å². The molecule has 1 atom stereocenters. The number of aliphatic hydroxyl groups excluding tert-OH is 1. The van der Waals surface area contributed by atoms with E-state index in [9.17, 15) is 14.7 Å². The fraction of sp³-hybridized carbons (Fsp3) is 0.647. The van der Waals surface area contributed by atoms with Gasteiger partial charge in [0, 0.05) is 23.3 Å². The maximum Gasteiger partial charge on any atom is 0.242 e. The predicted octanol–water partition coefficient (Wildman–Crippen LogP) is 1.91. The lowest BCUT2D eigenvalue weighted by Gasteiger charge is -2.29. The highest BCUT2D eigenvalue weighted by Crippen LogP contribution is 2.37. The van der Waals surface area contributed by atoms with Crippen LogP contribution in [0.1, 0.15) is 43.4 Å². The topological polar surface area (TPSA) is 69.6 Å². The first-order chi connectivity index (χ1) is 11.1. The van der Waals surface area contributed by atoms with E-state index in [2.05, 4.69) is 5.32 Å². The minimum Gasteiger partial charge on any atom is -0.396 e. The van der Waals surface area contributed by atoms with Crippen molar-refractivity contribution < 1.29 is 14.7 Å². The van der Waals surface area contributed by atoms with Crippen LogP contribution in [0.2, 0.25) is 0 Å². The van der Waals surface area contributed by atoms with Crippen LogP contribution in [-0.4, -0.2) is 41.0 Å². The molecule has 0 bridgehead atoms. The Bertz CT molecular complexity index is 552. The SMILES string of the molecule is O=C(NCC1(CO)CCCC1)C1CCC(=O)N1Cc1cccs1. The monoisotopic (exact) mass is 336 g/mol. The Hall–Kier alpha value is -1.40. The molecule has 3 rings (SSSR count). The van der Waals surface area contributed by atoms with Crippen molar-refractivity contribution in [3.05, 3.63) is 22.4 Å². The van der Waals surface area contributed by atoms with E-state index in [1.54, 1.807) is 16.2 Å². The van der Waals surface area contributed by atoms with Gasteiger partial charge in [-0.25, -0.2) is 0 Å². The molecule has 0 spiro atoms. The van der Waals surface area contributed by atoms with E-state index in [1.807, 2.05) is 17.5 Å². The number of amides is 2. The summed E-state index contributed by atoms with van der Waals surface area (Å²) in [6.45, 7) is 1.15. The second kappa shape index (κ2) is 7.01. The van der Waals surface area contributed by atoms with E-state index >= 15 is 0 Å². The summed E-state index contributed by atoms with van der Waals surface area (Å²) in [5.41, 5.74) is -0.156. The first-order valence-electron chi connectivity index (χ1n) is 8.34. The number of hydrogen-bond donors (Lipinski definition) is 2. The number of rotatable bonds is 6. The molecule has 1 aliphatic carbocycles. The Morgan fingerprint density at radius 3 is 2.87 bits per heavy atom. The van der Waals surface area contributed by atoms with Crippen molar-refractivity contribution in [3.8, 4) is 0 Å². The van der Waals surface area contributed by atoms with E-state index in [4.69, 9.17) is 0 Å². The smallest absolute Gasteiger partial charge is 0.242 e. The quantitative estimate of drug-likeness (QED) is 0.834. The molecule has 2 fully saturated rings. The number of likely N-dealkylation sites (tertiary alicyclic amines) is 1. The standard InChI is InChI=1S/C17H24N2O3S/c20-12-17(7-1-2-8-17)11-18-16(22)14-5-6-15(21)19(14)10-13-4-3-9-23-13/h3-4,9,14,20H,1-2,5-8,10-12H2,(H,18,22). The Labute approximate surface area is 140 Å². The summed E-state index contributed by atoms with van der Waals surface area (Å²) in [6, 6.07) is 3.58. The molecule has 1 aromatic rings. The third-order valence-corrected chi connectivity index (χ3v) is 6.04. The van der Waals surface area contributed by atoms with Gasteiger partial charge >= 0.3 is 0 Å². The van der Waals surface area contributed by atoms with Crippen LogP contribution in [0.15, 0.2) is 17.5 Å². The molecular formula is C17H24N2O3S. The zero-order valence-corrected chi connectivity index (χ0v) is 14.1. The fourth-order valence-electron chi connectivity index (χ4n) is 3.68. The average molecular weight is 336 g/mol. The van der Waals surface area contributed by atoms with Gasteiger partial charge in [-0.1, -0.05) is 18.9 Å². The van der Waals surface area contributed by atoms with Gasteiger partial charge in [0.2, 0.25) is 11.8 Å². The molecule has 1 saturated carbocycles. The zero-order valence-electron chi connectivity index (χ0n) is 13.3. The lowest BCUT2D eigenvalue weighted by atomic mass is 9.87. The molecule has 1 unspecified atom stereocenters. The maximum absolute atomic E-state index is 12.6. The molecule has 0 aromatic carbocycles. The molecule has 1 aliphatic heterocycles. The average Bonchev–Trinajstić information content (AvgIpc) is 3.29. The molecule has 1 aromatic heterocycles. The summed E-state index contributed by atoms with van der Waals surface area (Å²) in [5, 5.41) is 14.6. The number of nitrogens with zero attached hydrogens (tertiary/aromatic N) is 1. The Morgan fingerprint density at radius 2 is 2.22 bits per heavy atom. The van der Waals surface area contributed by atoms with E-state index in [0.29, 0.717) is 25.9 Å². The maximum atomic E-state index is 12.6. The van der Waals surface area contributed by atoms with Gasteiger partial charge in [0.1, 0.15) is 6.04 Å². The van der Waals surface area contributed by atoms with Crippen LogP contribution in [0.25, 0.3) is 0 Å². The molecule has 126 valence electrons. The molecule has 1 saturated heterocycles. The highest BCUT2D eigenvalue weighted by Gasteiger charge is 2.38. The lowest BCUT2D eigenvalue weighted by molar-refractivity contribution is -0.136. The summed E-state index contributed by atoms with van der Waals surface area (Å²) in [5.74, 6) is -0.0246. The third-order valence-electron chi connectivity index (χ3n) is 5.17. The minimum atomic E-state index is -0.373. The molecule has 5 nitrogen and oxygen atoms in total. The van der Waals surface area contributed by atoms with Gasteiger partial charge in [-0.3, -0.25) is 9.59 Å². The third kappa shape index (κ3) is 3.58. The molecule has 2 N–H and O–H groups in total. The van der Waals surface area contributed by atoms with Gasteiger partial charge in [0.05, 0.1) is 13.2 Å². The molecule has 2 amide bonds. The van der Waals surface area contributed by atoms with Crippen LogP contribution in [0.4, 0.5) is 0 Å². The molecule has 0 radical (unpaired) electrons. The summed E-state index contributed by atoms with van der Waals surface area (Å²) in [4.78, 5) is 27.5. The summed E-state index contributed by atoms with van der Waals surface area (Å²) >= 11 is 1.60. The zero-order chi connectivity index (χ0) is 16.3. The van der Waals surface area contributed by atoms with Crippen LogP contribution < -0.4 is 5.32 Å². The first kappa shape index (κ1) is 16.5. The van der Waals surface area contributed by atoms with Gasteiger partial charge in [-0.05, 0) is 30.7 Å². The number of nitrogens with one attached hydrogen (secondary N) is 1. The van der Waals surface area contributed by atoms with Crippen molar-refractivity contribution in [1.82, 2.24) is 10.2 Å². The van der Waals surface area contributed by atoms with Gasteiger partial charge in [-0.15, -0.1) is 11.3 Å². The van der Waals surface area contributed by atoms with E-state index in [1.165, 1.54) is 0 Å². The van der Waals surface area contributed by atoms with Gasteiger partial charge in [0.25, 0.3) is 0 Å². The molecule has 2 aliphatic rings. The highest BCUT2D eigenvalue weighted by molar-refractivity contribution is 7.09. The summed E-state index contributed by atoms with van der Waals surface area (Å²) in [7, 11) is 0. The van der Waals surface area contributed by atoms with Gasteiger partial charge in [-0.2, -0.15) is 0 Å². The number of thiophene rings is 1. The number of hydrogen-bond acceptors (Lipinski definition) is 4. The second-order valence-corrected chi connectivity index (χ2v) is 7.77. The van der Waals surface area contributed by atoms with Gasteiger partial charge < -0.3 is 15.3 Å². The van der Waals surface area contributed by atoms with Gasteiger partial charge in [0.15, 0.2) is 0 Å². The number of carbonyl (C=O) groups excluding carboxylic acids is 2. The number of aliphatic hydroxyl groups is 1. The van der Waals surface area contributed by atoms with Crippen LogP contribution in [0, 0.1) is 5.41 Å². The normalized spacial score (nSPS) is 23.4. The molecule has 6 heteroatoms. The Balaban J connectivity index is 1.60. The van der Waals surface area contributed by atoms with Crippen LogP contribution in [-0.2, 0) is 16.1 Å². The minimum absolute atomic E-state index is 0.0521. The van der Waals surface area contributed by atoms with Crippen LogP contribution in [0.3, 0.4) is 0 Å². The highest BCUT2D eigenvalue weighted by atomic mass is 32.1. The summed E-state index contributed by atoms with van der Waals surface area (Å²) < 4.78 is 0. The van der Waals surface area contributed by atoms with Crippen molar-refractivity contribution in [3.63, 3.8) is 0 Å². The van der Waals surface area contributed by atoms with E-state index < -0.39 is 0 Å². The summed E-state index contributed by atoms with van der Waals surface area (Å²) in [6.07, 6.45) is 5.18. The second-order valence-electron chi connectivity index (χ2n) is 6.74. The van der Waals surface area contributed by atoms with Crippen molar-refractivity contribution in [1.29, 1.82) is 0 Å². The Kier molecular flexibility index (Phi) is 5.02. The van der Waals surface area contributed by atoms with E-state index in [0.717, 1.165) is 30.6 Å². The molecule has 2 heterocycles. The van der Waals surface area contributed by atoms with E-state index in [-0.39, 0.29) is 29.9 Å². The molecule has 23 heavy (non-hydrogen) atoms. The van der Waals surface area contributed by atoms with Crippen LogP contribution >= 0.6 is 11.3 Å². The predicted molar refractivity (Wildman–Crippen MR) is 88.9 cm³/mol. The fourth-order valence-corrected chi connectivity index (χ4v) is 4.39.